The molecule has 0 saturated heterocycles. The van der Waals surface area contributed by atoms with Crippen LogP contribution >= 0.6 is 27.5 Å². The lowest BCUT2D eigenvalue weighted by molar-refractivity contribution is -0.111. The summed E-state index contributed by atoms with van der Waals surface area (Å²) >= 11 is 9.18. The van der Waals surface area contributed by atoms with Crippen LogP contribution in [0.1, 0.15) is 11.1 Å². The number of carbonyl (C=O) groups is 1. The van der Waals surface area contributed by atoms with Gasteiger partial charge in [-0.15, -0.1) is 0 Å². The Kier molecular flexibility index (Phi) is 2.16. The van der Waals surface area contributed by atoms with Crippen LogP contribution in [0.2, 0.25) is 5.02 Å². The molecule has 0 heterocycles. The van der Waals surface area contributed by atoms with Crippen LogP contribution in [0.15, 0.2) is 40.4 Å². The van der Waals surface area contributed by atoms with E-state index in [1.165, 1.54) is 0 Å². The van der Waals surface area contributed by atoms with Crippen molar-refractivity contribution in [3.8, 4) is 0 Å². The van der Waals surface area contributed by atoms with Gasteiger partial charge in [0.15, 0.2) is 0 Å². The lowest BCUT2D eigenvalue weighted by atomic mass is 9.96. The second kappa shape index (κ2) is 3.44. The average Bonchev–Trinajstić information content (AvgIpc) is 2.62. The number of hydrogen-bond acceptors (Lipinski definition) is 1. The van der Waals surface area contributed by atoms with E-state index in [1.807, 2.05) is 30.4 Å². The first-order valence-electron chi connectivity index (χ1n) is 4.81. The highest BCUT2D eigenvalue weighted by Crippen LogP contribution is 2.40. The smallest absolute Gasteiger partial charge is 0.200 e. The molecule has 3 rings (SSSR count). The van der Waals surface area contributed by atoms with E-state index in [2.05, 4.69) is 15.9 Å². The molecule has 3 heteroatoms. The number of rotatable bonds is 0. The third-order valence-electron chi connectivity index (χ3n) is 2.75. The lowest BCUT2D eigenvalue weighted by Gasteiger charge is -2.09. The van der Waals surface area contributed by atoms with Crippen LogP contribution < -0.4 is 0 Å². The molecule has 16 heavy (non-hydrogen) atoms. The zero-order valence-electron chi connectivity index (χ0n) is 8.13. The van der Waals surface area contributed by atoms with Crippen LogP contribution in [0.5, 0.6) is 0 Å². The molecule has 0 N–H and O–H groups in total. The number of fused-ring (bicyclic) bond motifs is 3. The van der Waals surface area contributed by atoms with Crippen LogP contribution in [-0.4, -0.2) is 5.78 Å². The van der Waals surface area contributed by atoms with Crippen molar-refractivity contribution in [1.82, 2.24) is 0 Å². The van der Waals surface area contributed by atoms with E-state index < -0.39 is 0 Å². The van der Waals surface area contributed by atoms with Crippen molar-refractivity contribution >= 4 is 45.0 Å². The molecule has 0 fully saturated rings. The molecule has 78 valence electrons. The fourth-order valence-electron chi connectivity index (χ4n) is 2.00. The number of benzene rings is 1. The highest BCUT2D eigenvalue weighted by molar-refractivity contribution is 9.12. The summed E-state index contributed by atoms with van der Waals surface area (Å²) < 4.78 is 0.599. The highest BCUT2D eigenvalue weighted by Gasteiger charge is 2.27. The van der Waals surface area contributed by atoms with Gasteiger partial charge in [-0.05, 0) is 56.9 Å². The van der Waals surface area contributed by atoms with Crippen LogP contribution in [0, 0.1) is 0 Å². The maximum absolute atomic E-state index is 11.9. The largest absolute Gasteiger partial charge is 0.288 e. The van der Waals surface area contributed by atoms with Gasteiger partial charge in [-0.2, -0.15) is 0 Å². The number of carbonyl (C=O) groups excluding carboxylic acids is 1. The standard InChI is InChI=1S/C13H6BrClO/c14-12-4-3-10-9-2-1-8(15)5-7(9)6-11(10)13(12)16/h1-6H. The van der Waals surface area contributed by atoms with E-state index in [0.29, 0.717) is 9.51 Å². The number of halogens is 2. The minimum atomic E-state index is 0.0322. The van der Waals surface area contributed by atoms with Gasteiger partial charge in [0.1, 0.15) is 0 Å². The molecule has 0 amide bonds. The second-order valence-corrected chi connectivity index (χ2v) is 5.00. The maximum atomic E-state index is 11.9. The van der Waals surface area contributed by atoms with Crippen molar-refractivity contribution < 1.29 is 4.79 Å². The number of allylic oxidation sites excluding steroid dienone is 5. The van der Waals surface area contributed by atoms with E-state index in [0.717, 1.165) is 22.3 Å². The van der Waals surface area contributed by atoms with Gasteiger partial charge < -0.3 is 0 Å². The van der Waals surface area contributed by atoms with Gasteiger partial charge in [-0.25, -0.2) is 0 Å². The van der Waals surface area contributed by atoms with Crippen molar-refractivity contribution in [2.24, 2.45) is 0 Å². The summed E-state index contributed by atoms with van der Waals surface area (Å²) in [4.78, 5) is 11.9. The predicted molar refractivity (Wildman–Crippen MR) is 69.4 cm³/mol. The summed E-state index contributed by atoms with van der Waals surface area (Å²) in [5.41, 5.74) is 3.81. The SMILES string of the molecule is O=C1C(Br)=CC=C2C1=Cc1cc(Cl)ccc12. The molecule has 1 aromatic carbocycles. The monoisotopic (exact) mass is 292 g/mol. The van der Waals surface area contributed by atoms with Crippen LogP contribution in [0.25, 0.3) is 11.6 Å². The van der Waals surface area contributed by atoms with Gasteiger partial charge in [-0.1, -0.05) is 23.7 Å². The lowest BCUT2D eigenvalue weighted by Crippen LogP contribution is -2.04. The summed E-state index contributed by atoms with van der Waals surface area (Å²) in [7, 11) is 0. The fraction of sp³-hybridized carbons (Fsp3) is 0. The molecule has 0 spiro atoms. The molecule has 2 aliphatic carbocycles. The fourth-order valence-corrected chi connectivity index (χ4v) is 2.53. The van der Waals surface area contributed by atoms with Crippen molar-refractivity contribution in [2.45, 2.75) is 0 Å². The minimum Gasteiger partial charge on any atom is -0.288 e. The van der Waals surface area contributed by atoms with Gasteiger partial charge in [0.2, 0.25) is 5.78 Å². The first kappa shape index (κ1) is 10.1. The Morgan fingerprint density at radius 2 is 1.94 bits per heavy atom. The zero-order valence-corrected chi connectivity index (χ0v) is 10.5. The molecule has 0 atom stereocenters. The summed E-state index contributed by atoms with van der Waals surface area (Å²) in [6, 6.07) is 5.67. The van der Waals surface area contributed by atoms with E-state index in [1.54, 1.807) is 6.08 Å². The van der Waals surface area contributed by atoms with E-state index in [-0.39, 0.29) is 5.78 Å². The van der Waals surface area contributed by atoms with Gasteiger partial charge in [0.05, 0.1) is 4.48 Å². The molecule has 0 bridgehead atoms. The first-order chi connectivity index (χ1) is 7.66. The number of hydrogen-bond donors (Lipinski definition) is 0. The van der Waals surface area contributed by atoms with Crippen molar-refractivity contribution in [3.63, 3.8) is 0 Å². The predicted octanol–water partition coefficient (Wildman–Crippen LogP) is 3.98. The highest BCUT2D eigenvalue weighted by atomic mass is 79.9. The van der Waals surface area contributed by atoms with Gasteiger partial charge in [-0.3, -0.25) is 4.79 Å². The minimum absolute atomic E-state index is 0.0322. The maximum Gasteiger partial charge on any atom is 0.200 e. The molecule has 0 radical (unpaired) electrons. The van der Waals surface area contributed by atoms with E-state index in [4.69, 9.17) is 11.6 Å². The topological polar surface area (TPSA) is 17.1 Å². The Bertz CT molecular complexity index is 608. The molecule has 1 nitrogen and oxygen atoms in total. The molecular weight excluding hydrogens is 287 g/mol. The molecule has 0 unspecified atom stereocenters. The average molecular weight is 294 g/mol. The zero-order chi connectivity index (χ0) is 11.3. The van der Waals surface area contributed by atoms with Gasteiger partial charge in [0, 0.05) is 10.6 Å². The summed E-state index contributed by atoms with van der Waals surface area (Å²) in [6.45, 7) is 0. The molecule has 2 aliphatic rings. The van der Waals surface area contributed by atoms with Gasteiger partial charge >= 0.3 is 0 Å². The Morgan fingerprint density at radius 3 is 2.75 bits per heavy atom. The Hall–Kier alpha value is -1.12. The molecule has 0 saturated carbocycles. The Morgan fingerprint density at radius 1 is 1.12 bits per heavy atom. The van der Waals surface area contributed by atoms with Crippen molar-refractivity contribution in [3.05, 3.63) is 56.6 Å². The molecule has 0 aromatic heterocycles. The first-order valence-corrected chi connectivity index (χ1v) is 5.98. The van der Waals surface area contributed by atoms with E-state index in [9.17, 15) is 4.79 Å². The van der Waals surface area contributed by atoms with E-state index >= 15 is 0 Å². The van der Waals surface area contributed by atoms with Crippen LogP contribution in [0.3, 0.4) is 0 Å². The summed E-state index contributed by atoms with van der Waals surface area (Å²) in [5.74, 6) is 0.0322. The Labute approximate surface area is 106 Å². The van der Waals surface area contributed by atoms with Crippen molar-refractivity contribution in [1.29, 1.82) is 0 Å². The second-order valence-electron chi connectivity index (χ2n) is 3.71. The summed E-state index contributed by atoms with van der Waals surface area (Å²) in [6.07, 6.45) is 5.64. The summed E-state index contributed by atoms with van der Waals surface area (Å²) in [5, 5.41) is 0.689. The number of ketones is 1. The van der Waals surface area contributed by atoms with Gasteiger partial charge in [0.25, 0.3) is 0 Å². The normalized spacial score (nSPS) is 17.4. The Balaban J connectivity index is 2.24. The number of Topliss-reactive ketones (excluding diaryl/α,β-unsaturated/α-hetero) is 1. The molecule has 0 aliphatic heterocycles. The quantitative estimate of drug-likeness (QED) is 0.707. The third kappa shape index (κ3) is 1.34. The molecular formula is C13H6BrClO. The molecule has 1 aromatic rings. The van der Waals surface area contributed by atoms with Crippen LogP contribution in [-0.2, 0) is 4.79 Å². The third-order valence-corrected chi connectivity index (χ3v) is 3.61. The van der Waals surface area contributed by atoms with Crippen molar-refractivity contribution in [2.75, 3.05) is 0 Å². The van der Waals surface area contributed by atoms with Crippen LogP contribution in [0.4, 0.5) is 0 Å².